The summed E-state index contributed by atoms with van der Waals surface area (Å²) < 4.78 is 0. The molecule has 0 fully saturated rings. The lowest BCUT2D eigenvalue weighted by atomic mass is 10.0. The highest BCUT2D eigenvalue weighted by atomic mass is 16.4. The van der Waals surface area contributed by atoms with Crippen LogP contribution in [-0.4, -0.2) is 74.7 Å². The zero-order valence-electron chi connectivity index (χ0n) is 24.7. The molecule has 2 aromatic heterocycles. The van der Waals surface area contributed by atoms with Crippen LogP contribution in [0.5, 0.6) is 0 Å². The first-order chi connectivity index (χ1) is 21.9. The lowest BCUT2D eigenvalue weighted by molar-refractivity contribution is -0.142. The number of nitrogens with one attached hydrogen (secondary N) is 5. The van der Waals surface area contributed by atoms with Gasteiger partial charge in [-0.3, -0.25) is 24.0 Å². The van der Waals surface area contributed by atoms with Crippen molar-refractivity contribution in [2.24, 2.45) is 17.2 Å². The lowest BCUT2D eigenvalue weighted by Crippen LogP contribution is -2.58. The van der Waals surface area contributed by atoms with Crippen LogP contribution < -0.4 is 33.2 Å². The SMILES string of the molecule is NC(=O)CCC(NC(=O)C(N)Cc1c[nH]c2ccccc12)C(=O)NC(CC(N)=O)C(=O)NC(Cc1c[nH]c2ccccc12)C(=O)O. The Kier molecular flexibility index (Phi) is 10.7. The number of hydrogen-bond donors (Lipinski definition) is 9. The third kappa shape index (κ3) is 8.47. The summed E-state index contributed by atoms with van der Waals surface area (Å²) in [6.07, 6.45) is 2.17. The van der Waals surface area contributed by atoms with Crippen LogP contribution in [0, 0.1) is 0 Å². The second-order valence-corrected chi connectivity index (χ2v) is 10.9. The number of carbonyl (C=O) groups excluding carboxylic acids is 5. The molecule has 15 nitrogen and oxygen atoms in total. The number of carboxylic acid groups (broad SMARTS) is 1. The van der Waals surface area contributed by atoms with Gasteiger partial charge < -0.3 is 48.2 Å². The second-order valence-electron chi connectivity index (χ2n) is 10.9. The molecule has 12 N–H and O–H groups in total. The summed E-state index contributed by atoms with van der Waals surface area (Å²) >= 11 is 0. The van der Waals surface area contributed by atoms with E-state index >= 15 is 0 Å². The van der Waals surface area contributed by atoms with Crippen LogP contribution in [-0.2, 0) is 41.6 Å². The minimum Gasteiger partial charge on any atom is -0.480 e. The van der Waals surface area contributed by atoms with Gasteiger partial charge in [-0.25, -0.2) is 4.79 Å². The number of primary amides is 2. The maximum Gasteiger partial charge on any atom is 0.326 e. The summed E-state index contributed by atoms with van der Waals surface area (Å²) in [4.78, 5) is 81.2. The molecule has 4 atom stereocenters. The quantitative estimate of drug-likeness (QED) is 0.0771. The minimum atomic E-state index is -1.59. The predicted molar refractivity (Wildman–Crippen MR) is 168 cm³/mol. The van der Waals surface area contributed by atoms with Crippen molar-refractivity contribution in [3.8, 4) is 0 Å². The number of hydrogen-bond acceptors (Lipinski definition) is 7. The molecule has 2 heterocycles. The summed E-state index contributed by atoms with van der Waals surface area (Å²) in [7, 11) is 0. The van der Waals surface area contributed by atoms with Gasteiger partial charge >= 0.3 is 5.97 Å². The zero-order chi connectivity index (χ0) is 33.4. The van der Waals surface area contributed by atoms with E-state index in [1.165, 1.54) is 0 Å². The van der Waals surface area contributed by atoms with Gasteiger partial charge in [-0.1, -0.05) is 36.4 Å². The number of amides is 5. The van der Waals surface area contributed by atoms with Crippen molar-refractivity contribution in [1.29, 1.82) is 0 Å². The van der Waals surface area contributed by atoms with E-state index in [1.807, 2.05) is 36.4 Å². The van der Waals surface area contributed by atoms with E-state index in [-0.39, 0.29) is 25.7 Å². The van der Waals surface area contributed by atoms with Gasteiger partial charge in [0, 0.05) is 47.0 Å². The number of rotatable bonds is 16. The number of aromatic amines is 2. The highest BCUT2D eigenvalue weighted by molar-refractivity contribution is 5.96. The third-order valence-electron chi connectivity index (χ3n) is 7.52. The van der Waals surface area contributed by atoms with Crippen LogP contribution in [0.3, 0.4) is 0 Å². The first kappa shape index (κ1) is 33.2. The standard InChI is InChI=1S/C31H36N8O7/c32-20(11-16-14-35-21-7-3-1-5-18(16)21)28(42)37-23(9-10-26(33)40)29(43)38-24(13-27(34)41)30(44)39-25(31(45)46)12-17-15-36-22-8-4-2-6-19(17)22/h1-8,14-15,20,23-25,35-36H,9-13,32H2,(H2,33,40)(H2,34,41)(H,37,42)(H,38,43)(H,39,44)(H,45,46). The molecule has 15 heteroatoms. The van der Waals surface area contributed by atoms with E-state index < -0.39 is 66.1 Å². The number of benzene rings is 2. The molecule has 0 radical (unpaired) electrons. The third-order valence-corrected chi connectivity index (χ3v) is 7.52. The molecule has 4 unspecified atom stereocenters. The van der Waals surface area contributed by atoms with Crippen molar-refractivity contribution in [1.82, 2.24) is 25.9 Å². The fourth-order valence-electron chi connectivity index (χ4n) is 5.14. The van der Waals surface area contributed by atoms with Gasteiger partial charge in [-0.05, 0) is 36.1 Å². The van der Waals surface area contributed by atoms with Crippen LogP contribution in [0.1, 0.15) is 30.4 Å². The lowest BCUT2D eigenvalue weighted by Gasteiger charge is -2.24. The van der Waals surface area contributed by atoms with Crippen LogP contribution in [0.25, 0.3) is 21.8 Å². The van der Waals surface area contributed by atoms with Gasteiger partial charge in [0.1, 0.15) is 18.1 Å². The van der Waals surface area contributed by atoms with Crippen LogP contribution in [0.15, 0.2) is 60.9 Å². The highest BCUT2D eigenvalue weighted by Crippen LogP contribution is 2.20. The van der Waals surface area contributed by atoms with Crippen molar-refractivity contribution >= 4 is 57.3 Å². The molecule has 4 aromatic rings. The average Bonchev–Trinajstić information content (AvgIpc) is 3.62. The summed E-state index contributed by atoms with van der Waals surface area (Å²) in [6, 6.07) is 9.16. The number of aromatic nitrogens is 2. The molecule has 242 valence electrons. The van der Waals surface area contributed by atoms with E-state index in [2.05, 4.69) is 25.9 Å². The monoisotopic (exact) mass is 632 g/mol. The molecule has 4 rings (SSSR count). The molecule has 0 aliphatic rings. The van der Waals surface area contributed by atoms with Gasteiger partial charge in [-0.2, -0.15) is 0 Å². The largest absolute Gasteiger partial charge is 0.480 e. The Balaban J connectivity index is 1.46. The molecular formula is C31H36N8O7. The van der Waals surface area contributed by atoms with E-state index in [0.717, 1.165) is 27.4 Å². The van der Waals surface area contributed by atoms with Crippen LogP contribution in [0.2, 0.25) is 0 Å². The van der Waals surface area contributed by atoms with E-state index in [0.29, 0.717) is 5.56 Å². The van der Waals surface area contributed by atoms with Crippen molar-refractivity contribution in [3.05, 3.63) is 72.1 Å². The Bertz CT molecular complexity index is 1760. The molecule has 0 saturated carbocycles. The van der Waals surface area contributed by atoms with Gasteiger partial charge in [0.25, 0.3) is 0 Å². The Morgan fingerprint density at radius 3 is 1.72 bits per heavy atom. The van der Waals surface area contributed by atoms with Gasteiger partial charge in [-0.15, -0.1) is 0 Å². The molecule has 0 spiro atoms. The number of fused-ring (bicyclic) bond motifs is 2. The Labute approximate surface area is 262 Å². The molecule has 2 aromatic carbocycles. The van der Waals surface area contributed by atoms with E-state index in [4.69, 9.17) is 17.2 Å². The predicted octanol–water partition coefficient (Wildman–Crippen LogP) is -0.558. The van der Waals surface area contributed by atoms with Crippen molar-refractivity contribution in [3.63, 3.8) is 0 Å². The summed E-state index contributed by atoms with van der Waals surface area (Å²) in [5.74, 6) is -5.69. The Hall–Kier alpha value is -5.70. The fourth-order valence-corrected chi connectivity index (χ4v) is 5.14. The van der Waals surface area contributed by atoms with Gasteiger partial charge in [0.05, 0.1) is 12.5 Å². The number of carboxylic acids is 1. The first-order valence-electron chi connectivity index (χ1n) is 14.5. The van der Waals surface area contributed by atoms with Crippen molar-refractivity contribution in [2.75, 3.05) is 0 Å². The molecular weight excluding hydrogens is 596 g/mol. The minimum absolute atomic E-state index is 0.103. The number of H-pyrrole nitrogens is 2. The summed E-state index contributed by atoms with van der Waals surface area (Å²) in [6.45, 7) is 0. The first-order valence-corrected chi connectivity index (χ1v) is 14.5. The van der Waals surface area contributed by atoms with E-state index in [1.54, 1.807) is 24.5 Å². The molecule has 0 aliphatic carbocycles. The molecule has 0 aliphatic heterocycles. The molecule has 46 heavy (non-hydrogen) atoms. The average molecular weight is 633 g/mol. The zero-order valence-corrected chi connectivity index (χ0v) is 24.7. The maximum absolute atomic E-state index is 13.3. The smallest absolute Gasteiger partial charge is 0.326 e. The van der Waals surface area contributed by atoms with Gasteiger partial charge in [0.2, 0.25) is 29.5 Å². The number of para-hydroxylation sites is 2. The molecule has 0 bridgehead atoms. The Morgan fingerprint density at radius 2 is 1.17 bits per heavy atom. The molecule has 5 amide bonds. The van der Waals surface area contributed by atoms with E-state index in [9.17, 15) is 33.9 Å². The Morgan fingerprint density at radius 1 is 0.674 bits per heavy atom. The second kappa shape index (κ2) is 14.9. The van der Waals surface area contributed by atoms with Crippen LogP contribution in [0.4, 0.5) is 0 Å². The topological polar surface area (TPSA) is 268 Å². The number of aliphatic carboxylic acids is 1. The number of carbonyl (C=O) groups is 6. The summed E-state index contributed by atoms with van der Waals surface area (Å²) in [5.41, 5.74) is 19.8. The van der Waals surface area contributed by atoms with Crippen molar-refractivity contribution < 1.29 is 33.9 Å². The fraction of sp³-hybridized carbons (Fsp3) is 0.290. The molecule has 0 saturated heterocycles. The summed E-state index contributed by atoms with van der Waals surface area (Å²) in [5, 5.41) is 18.7. The normalized spacial score (nSPS) is 13.8. The van der Waals surface area contributed by atoms with Crippen molar-refractivity contribution in [2.45, 2.75) is 56.3 Å². The highest BCUT2D eigenvalue weighted by Gasteiger charge is 2.32. The number of nitrogens with two attached hydrogens (primary N) is 3. The van der Waals surface area contributed by atoms with Crippen LogP contribution >= 0.6 is 0 Å². The van der Waals surface area contributed by atoms with Gasteiger partial charge in [0.15, 0.2) is 0 Å². The maximum atomic E-state index is 13.3.